The first-order valence-corrected chi connectivity index (χ1v) is 11.3. The minimum Gasteiger partial charge on any atom is -0.0779 e. The van der Waals surface area contributed by atoms with Gasteiger partial charge in [0.05, 0.1) is 0 Å². The summed E-state index contributed by atoms with van der Waals surface area (Å²) in [5, 5.41) is 5.99. The van der Waals surface area contributed by atoms with Crippen LogP contribution in [0, 0.1) is 6.92 Å². The number of aryl methyl sites for hydroxylation is 1. The Morgan fingerprint density at radius 1 is 0.654 bits per heavy atom. The minimum atomic E-state index is -2.25. The van der Waals surface area contributed by atoms with Crippen LogP contribution in [0.3, 0.4) is 0 Å². The summed E-state index contributed by atoms with van der Waals surface area (Å²) in [5.74, 6) is 0. The fraction of sp³-hybridized carbons (Fsp3) is 0.120. The van der Waals surface area contributed by atoms with Crippen LogP contribution in [0.1, 0.15) is 18.9 Å². The summed E-state index contributed by atoms with van der Waals surface area (Å²) in [5.41, 5.74) is 2.71. The molecule has 1 heteroatoms. The van der Waals surface area contributed by atoms with Gasteiger partial charge >= 0.3 is 0 Å². The van der Waals surface area contributed by atoms with Crippen molar-refractivity contribution in [1.29, 1.82) is 0 Å². The zero-order valence-electron chi connectivity index (χ0n) is 15.4. The average molecular weight is 353 g/mol. The van der Waals surface area contributed by atoms with Gasteiger partial charge in [-0.1, -0.05) is 113 Å². The fourth-order valence-electron chi connectivity index (χ4n) is 4.24. The van der Waals surface area contributed by atoms with Crippen molar-refractivity contribution < 1.29 is 0 Å². The Bertz CT molecular complexity index is 926. The second-order valence-electron chi connectivity index (χ2n) is 7.17. The Morgan fingerprint density at radius 3 is 1.73 bits per heavy atom. The number of hydrogen-bond acceptors (Lipinski definition) is 0. The summed E-state index contributed by atoms with van der Waals surface area (Å²) in [6, 6.07) is 31.5. The third kappa shape index (κ3) is 2.79. The van der Waals surface area contributed by atoms with Crippen molar-refractivity contribution in [2.45, 2.75) is 20.3 Å². The van der Waals surface area contributed by atoms with Gasteiger partial charge in [-0.25, -0.2) is 0 Å². The highest BCUT2D eigenvalue weighted by Gasteiger charge is 2.43. The fourth-order valence-corrected chi connectivity index (χ4v) is 9.38. The van der Waals surface area contributed by atoms with Crippen molar-refractivity contribution in [1.82, 2.24) is 0 Å². The van der Waals surface area contributed by atoms with Crippen LogP contribution >= 0.6 is 0 Å². The van der Waals surface area contributed by atoms with E-state index in [4.69, 9.17) is 0 Å². The Kier molecular flexibility index (Phi) is 4.48. The summed E-state index contributed by atoms with van der Waals surface area (Å²) in [4.78, 5) is 0. The molecule has 0 spiro atoms. The molecule has 0 aliphatic heterocycles. The van der Waals surface area contributed by atoms with E-state index in [0.717, 1.165) is 6.42 Å². The standard InChI is InChI=1S/C25H24Si/c1-20-10-9-15-24(18-20)26(22-11-5-3-6-12-22,23-13-7-4-8-14-23)25-17-16-21(2)19-25/h3-16,18-19H,17H2,1-2H3. The third-order valence-corrected chi connectivity index (χ3v) is 10.3. The molecule has 0 aromatic heterocycles. The lowest BCUT2D eigenvalue weighted by atomic mass is 10.2. The maximum absolute atomic E-state index is 2.44. The van der Waals surface area contributed by atoms with Crippen LogP contribution in [-0.2, 0) is 0 Å². The minimum absolute atomic E-state index is 1.05. The van der Waals surface area contributed by atoms with E-state index in [0.29, 0.717) is 0 Å². The molecule has 128 valence electrons. The van der Waals surface area contributed by atoms with Crippen LogP contribution in [0.2, 0.25) is 0 Å². The molecule has 1 aliphatic carbocycles. The first kappa shape index (κ1) is 16.8. The van der Waals surface area contributed by atoms with E-state index in [1.807, 2.05) is 0 Å². The normalized spacial score (nSPS) is 14.1. The van der Waals surface area contributed by atoms with E-state index in [9.17, 15) is 0 Å². The number of rotatable bonds is 4. The lowest BCUT2D eigenvalue weighted by Crippen LogP contribution is -2.68. The maximum Gasteiger partial charge on any atom is 0.175 e. The smallest absolute Gasteiger partial charge is 0.0779 e. The first-order chi connectivity index (χ1) is 12.7. The molecule has 4 rings (SSSR count). The van der Waals surface area contributed by atoms with E-state index in [-0.39, 0.29) is 0 Å². The highest BCUT2D eigenvalue weighted by atomic mass is 28.3. The van der Waals surface area contributed by atoms with E-state index in [1.54, 1.807) is 5.20 Å². The highest BCUT2D eigenvalue weighted by Crippen LogP contribution is 2.27. The lowest BCUT2D eigenvalue weighted by molar-refractivity contribution is 1.36. The molecule has 0 nitrogen and oxygen atoms in total. The molecule has 0 saturated carbocycles. The van der Waals surface area contributed by atoms with Gasteiger partial charge < -0.3 is 0 Å². The maximum atomic E-state index is 2.44. The topological polar surface area (TPSA) is 0 Å². The van der Waals surface area contributed by atoms with Crippen LogP contribution in [0.25, 0.3) is 0 Å². The zero-order valence-corrected chi connectivity index (χ0v) is 16.4. The molecule has 3 aromatic rings. The number of benzene rings is 3. The van der Waals surface area contributed by atoms with E-state index in [2.05, 4.69) is 111 Å². The Labute approximate surface area is 157 Å². The summed E-state index contributed by atoms with van der Waals surface area (Å²) in [6.45, 7) is 4.42. The van der Waals surface area contributed by atoms with Crippen LogP contribution in [-0.4, -0.2) is 8.07 Å². The van der Waals surface area contributed by atoms with Crippen LogP contribution in [0.5, 0.6) is 0 Å². The van der Waals surface area contributed by atoms with Crippen LogP contribution in [0.15, 0.2) is 108 Å². The summed E-state index contributed by atoms with van der Waals surface area (Å²) >= 11 is 0. The predicted octanol–water partition coefficient (Wildman–Crippen LogP) is 4.28. The molecule has 1 aliphatic rings. The summed E-state index contributed by atoms with van der Waals surface area (Å²) in [6.07, 6.45) is 5.86. The van der Waals surface area contributed by atoms with E-state index in [1.165, 1.54) is 26.7 Å². The Hall–Kier alpha value is -2.64. The Morgan fingerprint density at radius 2 is 1.23 bits per heavy atom. The average Bonchev–Trinajstić information content (AvgIpc) is 3.11. The van der Waals surface area contributed by atoms with Crippen molar-refractivity contribution in [3.8, 4) is 0 Å². The van der Waals surface area contributed by atoms with Gasteiger partial charge in [-0.05, 0) is 35.8 Å². The molecule has 0 saturated heterocycles. The van der Waals surface area contributed by atoms with E-state index < -0.39 is 8.07 Å². The van der Waals surface area contributed by atoms with Gasteiger partial charge in [0, 0.05) is 0 Å². The van der Waals surface area contributed by atoms with Gasteiger partial charge in [-0.2, -0.15) is 0 Å². The van der Waals surface area contributed by atoms with Gasteiger partial charge in [0.25, 0.3) is 0 Å². The quantitative estimate of drug-likeness (QED) is 0.486. The van der Waals surface area contributed by atoms with Crippen molar-refractivity contribution in [2.24, 2.45) is 0 Å². The molecular formula is C25H24Si. The summed E-state index contributed by atoms with van der Waals surface area (Å²) < 4.78 is 0. The Balaban J connectivity index is 2.09. The SMILES string of the molecule is CC1=CCC([Si](c2ccccc2)(c2ccccc2)c2cccc(C)c2)=C1. The first-order valence-electron chi connectivity index (χ1n) is 9.27. The van der Waals surface area contributed by atoms with Crippen LogP contribution in [0.4, 0.5) is 0 Å². The van der Waals surface area contributed by atoms with Crippen molar-refractivity contribution in [3.05, 3.63) is 113 Å². The van der Waals surface area contributed by atoms with E-state index >= 15 is 0 Å². The molecule has 0 atom stereocenters. The molecule has 0 bridgehead atoms. The predicted molar refractivity (Wildman–Crippen MR) is 115 cm³/mol. The number of hydrogen-bond donors (Lipinski definition) is 0. The molecule has 0 N–H and O–H groups in total. The van der Waals surface area contributed by atoms with Gasteiger partial charge in [0.2, 0.25) is 0 Å². The monoisotopic (exact) mass is 352 g/mol. The van der Waals surface area contributed by atoms with Gasteiger partial charge in [0.15, 0.2) is 8.07 Å². The molecule has 0 amide bonds. The second-order valence-corrected chi connectivity index (χ2v) is 11.0. The lowest BCUT2D eigenvalue weighted by Gasteiger charge is -2.35. The van der Waals surface area contributed by atoms with Gasteiger partial charge in [0.1, 0.15) is 0 Å². The highest BCUT2D eigenvalue weighted by molar-refractivity contribution is 7.16. The molecule has 0 unspecified atom stereocenters. The molecule has 3 aromatic carbocycles. The number of allylic oxidation sites excluding steroid dienone is 4. The largest absolute Gasteiger partial charge is 0.175 e. The molecule has 0 fully saturated rings. The van der Waals surface area contributed by atoms with Crippen molar-refractivity contribution in [3.63, 3.8) is 0 Å². The molecule has 0 heterocycles. The third-order valence-electron chi connectivity index (χ3n) is 5.39. The van der Waals surface area contributed by atoms with Crippen LogP contribution < -0.4 is 15.6 Å². The molecule has 26 heavy (non-hydrogen) atoms. The second kappa shape index (κ2) is 6.93. The summed E-state index contributed by atoms with van der Waals surface area (Å²) in [7, 11) is -2.25. The zero-order chi connectivity index (χ0) is 18.0. The molecule has 0 radical (unpaired) electrons. The van der Waals surface area contributed by atoms with Gasteiger partial charge in [-0.15, -0.1) is 0 Å². The van der Waals surface area contributed by atoms with Crippen molar-refractivity contribution >= 4 is 23.6 Å². The van der Waals surface area contributed by atoms with Gasteiger partial charge in [-0.3, -0.25) is 0 Å². The molecular weight excluding hydrogens is 328 g/mol. The van der Waals surface area contributed by atoms with Crippen molar-refractivity contribution in [2.75, 3.05) is 0 Å².